The van der Waals surface area contributed by atoms with Crippen LogP contribution in [0.3, 0.4) is 0 Å². The standard InChI is InChI=1S/C16H19F3N4O2/c1-9-7-10(2)21-13(24-3)11(9)12-22-14(25-23-12)15(16(17,18)19)5-4-6-20-8-15/h7,20H,4-6,8H2,1-3H3. The van der Waals surface area contributed by atoms with Crippen molar-refractivity contribution >= 4 is 0 Å². The van der Waals surface area contributed by atoms with E-state index >= 15 is 0 Å². The molecule has 9 heteroatoms. The number of nitrogens with zero attached hydrogens (tertiary/aromatic N) is 3. The van der Waals surface area contributed by atoms with Crippen molar-refractivity contribution in [3.05, 3.63) is 23.2 Å². The van der Waals surface area contributed by atoms with Crippen molar-refractivity contribution in [2.75, 3.05) is 20.2 Å². The SMILES string of the molecule is COc1nc(C)cc(C)c1-c1noc(C2(C(F)(F)F)CCCNC2)n1. The largest absolute Gasteiger partial charge is 0.480 e. The lowest BCUT2D eigenvalue weighted by atomic mass is 9.79. The Labute approximate surface area is 142 Å². The fourth-order valence-electron chi connectivity index (χ4n) is 3.19. The fraction of sp³-hybridized carbons (Fsp3) is 0.562. The van der Waals surface area contributed by atoms with E-state index in [1.165, 1.54) is 7.11 Å². The number of hydrogen-bond donors (Lipinski definition) is 1. The van der Waals surface area contributed by atoms with E-state index in [1.807, 2.05) is 0 Å². The zero-order chi connectivity index (χ0) is 18.2. The average molecular weight is 356 g/mol. The van der Waals surface area contributed by atoms with Crippen LogP contribution in [0.5, 0.6) is 5.88 Å². The summed E-state index contributed by atoms with van der Waals surface area (Å²) < 4.78 is 51.6. The summed E-state index contributed by atoms with van der Waals surface area (Å²) in [6, 6.07) is 1.79. The predicted molar refractivity (Wildman–Crippen MR) is 83.4 cm³/mol. The lowest BCUT2D eigenvalue weighted by molar-refractivity contribution is -0.202. The van der Waals surface area contributed by atoms with Gasteiger partial charge in [0.1, 0.15) is 0 Å². The molecule has 0 bridgehead atoms. The molecule has 1 unspecified atom stereocenters. The third kappa shape index (κ3) is 2.97. The summed E-state index contributed by atoms with van der Waals surface area (Å²) in [7, 11) is 1.44. The first-order valence-electron chi connectivity index (χ1n) is 7.93. The van der Waals surface area contributed by atoms with E-state index in [0.717, 1.165) is 11.3 Å². The molecular weight excluding hydrogens is 337 g/mol. The van der Waals surface area contributed by atoms with E-state index in [2.05, 4.69) is 20.4 Å². The van der Waals surface area contributed by atoms with Gasteiger partial charge in [0, 0.05) is 12.2 Å². The Kier molecular flexibility index (Phi) is 4.44. The third-order valence-corrected chi connectivity index (χ3v) is 4.49. The van der Waals surface area contributed by atoms with Gasteiger partial charge in [0.05, 0.1) is 12.7 Å². The van der Waals surface area contributed by atoms with Gasteiger partial charge in [-0.05, 0) is 44.9 Å². The molecule has 2 aromatic rings. The normalized spacial score (nSPS) is 21.4. The smallest absolute Gasteiger partial charge is 0.404 e. The molecule has 0 amide bonds. The molecule has 0 aliphatic carbocycles. The maximum atomic E-state index is 13.8. The molecule has 0 radical (unpaired) electrons. The van der Waals surface area contributed by atoms with Crippen LogP contribution in [0.15, 0.2) is 10.6 Å². The zero-order valence-electron chi connectivity index (χ0n) is 14.2. The second-order valence-corrected chi connectivity index (χ2v) is 6.25. The van der Waals surface area contributed by atoms with Crippen LogP contribution in [0.4, 0.5) is 13.2 Å². The minimum Gasteiger partial charge on any atom is -0.480 e. The second-order valence-electron chi connectivity index (χ2n) is 6.25. The van der Waals surface area contributed by atoms with Gasteiger partial charge < -0.3 is 14.6 Å². The van der Waals surface area contributed by atoms with Gasteiger partial charge in [0.2, 0.25) is 17.6 Å². The molecule has 1 aliphatic heterocycles. The van der Waals surface area contributed by atoms with Crippen molar-refractivity contribution in [1.82, 2.24) is 20.4 Å². The average Bonchev–Trinajstić information content (AvgIpc) is 3.03. The van der Waals surface area contributed by atoms with Crippen molar-refractivity contribution < 1.29 is 22.4 Å². The monoisotopic (exact) mass is 356 g/mol. The van der Waals surface area contributed by atoms with Crippen LogP contribution in [-0.2, 0) is 5.41 Å². The van der Waals surface area contributed by atoms with Gasteiger partial charge in [0.25, 0.3) is 0 Å². The number of aryl methyl sites for hydroxylation is 2. The summed E-state index contributed by atoms with van der Waals surface area (Å²) in [4.78, 5) is 8.32. The molecule has 1 N–H and O–H groups in total. The van der Waals surface area contributed by atoms with E-state index in [0.29, 0.717) is 18.5 Å². The molecule has 0 saturated carbocycles. The summed E-state index contributed by atoms with van der Waals surface area (Å²) in [6.07, 6.45) is -4.20. The highest BCUT2D eigenvalue weighted by molar-refractivity contribution is 5.66. The molecule has 1 saturated heterocycles. The number of pyridine rings is 1. The fourth-order valence-corrected chi connectivity index (χ4v) is 3.19. The van der Waals surface area contributed by atoms with Crippen molar-refractivity contribution in [1.29, 1.82) is 0 Å². The van der Waals surface area contributed by atoms with Gasteiger partial charge >= 0.3 is 6.18 Å². The molecule has 6 nitrogen and oxygen atoms in total. The molecule has 1 atom stereocenters. The van der Waals surface area contributed by atoms with Gasteiger partial charge in [0.15, 0.2) is 5.41 Å². The van der Waals surface area contributed by atoms with Crippen LogP contribution >= 0.6 is 0 Å². The first-order chi connectivity index (χ1) is 11.8. The van der Waals surface area contributed by atoms with E-state index in [1.54, 1.807) is 19.9 Å². The number of methoxy groups -OCH3 is 1. The first-order valence-corrected chi connectivity index (χ1v) is 7.93. The minimum atomic E-state index is -4.49. The lowest BCUT2D eigenvalue weighted by Gasteiger charge is -2.35. The molecule has 0 spiro atoms. The number of nitrogens with one attached hydrogen (secondary N) is 1. The summed E-state index contributed by atoms with van der Waals surface area (Å²) in [5.41, 5.74) is -0.260. The summed E-state index contributed by atoms with van der Waals surface area (Å²) >= 11 is 0. The number of rotatable bonds is 3. The summed E-state index contributed by atoms with van der Waals surface area (Å²) in [5.74, 6) is -0.122. The van der Waals surface area contributed by atoms with Crippen molar-refractivity contribution in [3.8, 4) is 17.3 Å². The Bertz CT molecular complexity index is 767. The van der Waals surface area contributed by atoms with Gasteiger partial charge in [-0.25, -0.2) is 4.98 Å². The second kappa shape index (κ2) is 6.29. The first kappa shape index (κ1) is 17.7. The van der Waals surface area contributed by atoms with Crippen LogP contribution in [0.2, 0.25) is 0 Å². The summed E-state index contributed by atoms with van der Waals surface area (Å²) in [6.45, 7) is 3.85. The number of aromatic nitrogens is 3. The van der Waals surface area contributed by atoms with Gasteiger partial charge in [-0.1, -0.05) is 5.16 Å². The number of piperidine rings is 1. The van der Waals surface area contributed by atoms with Crippen molar-refractivity contribution in [2.24, 2.45) is 0 Å². The van der Waals surface area contributed by atoms with Crippen LogP contribution in [0.25, 0.3) is 11.4 Å². The van der Waals surface area contributed by atoms with E-state index in [9.17, 15) is 13.2 Å². The summed E-state index contributed by atoms with van der Waals surface area (Å²) in [5, 5.41) is 6.57. The lowest BCUT2D eigenvalue weighted by Crippen LogP contribution is -2.53. The maximum absolute atomic E-state index is 13.8. The zero-order valence-corrected chi connectivity index (χ0v) is 14.2. The van der Waals surface area contributed by atoms with Crippen LogP contribution in [0.1, 0.15) is 30.0 Å². The highest BCUT2D eigenvalue weighted by Crippen LogP contribution is 2.45. The highest BCUT2D eigenvalue weighted by atomic mass is 19.4. The van der Waals surface area contributed by atoms with E-state index in [4.69, 9.17) is 9.26 Å². The van der Waals surface area contributed by atoms with E-state index in [-0.39, 0.29) is 24.7 Å². The van der Waals surface area contributed by atoms with Crippen molar-refractivity contribution in [3.63, 3.8) is 0 Å². The minimum absolute atomic E-state index is 0.0473. The maximum Gasteiger partial charge on any atom is 0.404 e. The number of ether oxygens (including phenoxy) is 1. The number of halogens is 3. The van der Waals surface area contributed by atoms with Crippen LogP contribution in [-0.4, -0.2) is 41.5 Å². The Morgan fingerprint density at radius 2 is 2.04 bits per heavy atom. The molecule has 2 aromatic heterocycles. The van der Waals surface area contributed by atoms with Crippen LogP contribution in [0, 0.1) is 13.8 Å². The van der Waals surface area contributed by atoms with Gasteiger partial charge in [-0.2, -0.15) is 18.2 Å². The molecule has 1 fully saturated rings. The van der Waals surface area contributed by atoms with E-state index < -0.39 is 17.5 Å². The third-order valence-electron chi connectivity index (χ3n) is 4.49. The number of hydrogen-bond acceptors (Lipinski definition) is 6. The molecule has 25 heavy (non-hydrogen) atoms. The molecule has 1 aliphatic rings. The quantitative estimate of drug-likeness (QED) is 0.912. The number of alkyl halides is 3. The Morgan fingerprint density at radius 1 is 1.28 bits per heavy atom. The Morgan fingerprint density at radius 3 is 2.64 bits per heavy atom. The topological polar surface area (TPSA) is 73.1 Å². The predicted octanol–water partition coefficient (Wildman–Crippen LogP) is 2.94. The molecule has 0 aromatic carbocycles. The van der Waals surface area contributed by atoms with Gasteiger partial charge in [-0.15, -0.1) is 0 Å². The van der Waals surface area contributed by atoms with Crippen molar-refractivity contribution in [2.45, 2.75) is 38.3 Å². The Balaban J connectivity index is 2.09. The van der Waals surface area contributed by atoms with Gasteiger partial charge in [-0.3, -0.25) is 0 Å². The Hall–Kier alpha value is -2.16. The molecule has 3 rings (SSSR count). The molecule has 3 heterocycles. The molecule has 136 valence electrons. The molecular formula is C16H19F3N4O2. The van der Waals surface area contributed by atoms with Crippen LogP contribution < -0.4 is 10.1 Å². The highest BCUT2D eigenvalue weighted by Gasteiger charge is 2.60.